The number of benzene rings is 1. The van der Waals surface area contributed by atoms with Gasteiger partial charge < -0.3 is 9.47 Å². The largest absolute Gasteiger partial charge is 0.467 e. The van der Waals surface area contributed by atoms with Crippen molar-refractivity contribution in [3.63, 3.8) is 0 Å². The van der Waals surface area contributed by atoms with Crippen LogP contribution in [-0.4, -0.2) is 53.1 Å². The molecule has 1 fully saturated rings. The summed E-state index contributed by atoms with van der Waals surface area (Å²) in [5, 5.41) is 4.43. The molecule has 0 radical (unpaired) electrons. The summed E-state index contributed by atoms with van der Waals surface area (Å²) in [4.78, 5) is 13.9. The van der Waals surface area contributed by atoms with Gasteiger partial charge in [-0.25, -0.2) is 4.79 Å². The summed E-state index contributed by atoms with van der Waals surface area (Å²) in [5.74, 6) is -0.314. The smallest absolute Gasteiger partial charge is 0.336 e. The Bertz CT molecular complexity index is 671. The molecule has 1 saturated heterocycles. The highest BCUT2D eigenvalue weighted by Crippen LogP contribution is 2.15. The first kappa shape index (κ1) is 16.7. The molecule has 2 atom stereocenters. The van der Waals surface area contributed by atoms with Crippen LogP contribution in [0.1, 0.15) is 18.1 Å². The van der Waals surface area contributed by atoms with Gasteiger partial charge in [-0.05, 0) is 12.5 Å². The lowest BCUT2D eigenvalue weighted by atomic mass is 10.2. The quantitative estimate of drug-likeness (QED) is 0.782. The molecule has 0 bridgehead atoms. The summed E-state index contributed by atoms with van der Waals surface area (Å²) in [6, 6.07) is 10.2. The Balaban J connectivity index is 1.60. The molecule has 1 aliphatic heterocycles. The Morgan fingerprint density at radius 1 is 1.25 bits per heavy atom. The van der Waals surface area contributed by atoms with Crippen LogP contribution in [0.3, 0.4) is 0 Å². The van der Waals surface area contributed by atoms with Gasteiger partial charge in [0.15, 0.2) is 6.10 Å². The molecule has 1 aliphatic rings. The van der Waals surface area contributed by atoms with E-state index in [4.69, 9.17) is 9.47 Å². The van der Waals surface area contributed by atoms with Gasteiger partial charge in [-0.15, -0.1) is 0 Å². The van der Waals surface area contributed by atoms with E-state index in [1.54, 1.807) is 0 Å². The predicted octanol–water partition coefficient (Wildman–Crippen LogP) is 1.69. The van der Waals surface area contributed by atoms with Gasteiger partial charge in [0.2, 0.25) is 0 Å². The zero-order chi connectivity index (χ0) is 16.9. The molecule has 128 valence electrons. The van der Waals surface area contributed by atoms with Crippen molar-refractivity contribution >= 4 is 5.97 Å². The number of carbonyl (C=O) groups is 1. The van der Waals surface area contributed by atoms with Crippen LogP contribution in [0.2, 0.25) is 0 Å². The number of aromatic nitrogens is 2. The van der Waals surface area contributed by atoms with Crippen molar-refractivity contribution in [2.24, 2.45) is 0 Å². The van der Waals surface area contributed by atoms with Crippen LogP contribution in [0.25, 0.3) is 0 Å². The monoisotopic (exact) mass is 329 g/mol. The maximum Gasteiger partial charge on any atom is 0.336 e. The van der Waals surface area contributed by atoms with E-state index in [9.17, 15) is 4.79 Å². The second kappa shape index (κ2) is 7.59. The minimum atomic E-state index is -0.516. The number of nitrogens with zero attached hydrogens (tertiary/aromatic N) is 3. The van der Waals surface area contributed by atoms with Crippen molar-refractivity contribution in [3.8, 4) is 0 Å². The molecule has 0 aliphatic carbocycles. The van der Waals surface area contributed by atoms with E-state index in [1.807, 2.05) is 36.0 Å². The van der Waals surface area contributed by atoms with E-state index in [0.717, 1.165) is 25.2 Å². The highest BCUT2D eigenvalue weighted by molar-refractivity contribution is 5.74. The van der Waals surface area contributed by atoms with Gasteiger partial charge in [-0.2, -0.15) is 5.10 Å². The van der Waals surface area contributed by atoms with Gasteiger partial charge >= 0.3 is 5.97 Å². The molecule has 0 amide bonds. The molecule has 6 nitrogen and oxygen atoms in total. The number of hydrogen-bond donors (Lipinski definition) is 0. The van der Waals surface area contributed by atoms with E-state index in [0.29, 0.717) is 6.54 Å². The fourth-order valence-corrected chi connectivity index (χ4v) is 3.03. The molecule has 0 N–H and O–H groups in total. The number of carbonyl (C=O) groups excluding carboxylic acids is 1. The predicted molar refractivity (Wildman–Crippen MR) is 89.4 cm³/mol. The Hall–Kier alpha value is -2.18. The molecule has 0 spiro atoms. The summed E-state index contributed by atoms with van der Waals surface area (Å²) >= 11 is 0. The van der Waals surface area contributed by atoms with Crippen LogP contribution in [0.4, 0.5) is 0 Å². The van der Waals surface area contributed by atoms with Crippen LogP contribution in [0.15, 0.2) is 42.7 Å². The average Bonchev–Trinajstić information content (AvgIpc) is 3.01. The Labute approximate surface area is 142 Å². The van der Waals surface area contributed by atoms with E-state index in [1.165, 1.54) is 12.7 Å². The van der Waals surface area contributed by atoms with E-state index < -0.39 is 6.10 Å². The number of rotatable bonds is 5. The minimum Gasteiger partial charge on any atom is -0.467 e. The first-order chi connectivity index (χ1) is 11.6. The molecule has 2 heterocycles. The van der Waals surface area contributed by atoms with Crippen molar-refractivity contribution in [1.29, 1.82) is 0 Å². The number of hydrogen-bond acceptors (Lipinski definition) is 5. The van der Waals surface area contributed by atoms with Gasteiger partial charge in [0, 0.05) is 31.4 Å². The van der Waals surface area contributed by atoms with Crippen LogP contribution in [0.5, 0.6) is 0 Å². The van der Waals surface area contributed by atoms with Crippen LogP contribution < -0.4 is 0 Å². The third kappa shape index (κ3) is 4.21. The van der Waals surface area contributed by atoms with Gasteiger partial charge in [-0.3, -0.25) is 9.58 Å². The number of ether oxygens (including phenoxy) is 2. The summed E-state index contributed by atoms with van der Waals surface area (Å²) < 4.78 is 12.4. The third-order valence-electron chi connectivity index (χ3n) is 4.08. The molecule has 6 heteroatoms. The molecule has 3 rings (SSSR count). The maximum atomic E-state index is 11.7. The van der Waals surface area contributed by atoms with Crippen LogP contribution in [-0.2, 0) is 27.4 Å². The standard InChI is InChI=1S/C18H23N3O3/c1-14-9-20(13-17(24-14)18(22)23-2)10-16-8-19-21(12-16)11-15-6-4-3-5-7-15/h3-8,12,14,17H,9-11,13H2,1-2H3/t14-,17-/m1/s1. The van der Waals surface area contributed by atoms with Crippen molar-refractivity contribution in [1.82, 2.24) is 14.7 Å². The fourth-order valence-electron chi connectivity index (χ4n) is 3.03. The third-order valence-corrected chi connectivity index (χ3v) is 4.08. The molecule has 0 saturated carbocycles. The molecule has 2 aromatic rings. The number of morpholine rings is 1. The topological polar surface area (TPSA) is 56.6 Å². The fraction of sp³-hybridized carbons (Fsp3) is 0.444. The molecule has 1 aromatic heterocycles. The summed E-state index contributed by atoms with van der Waals surface area (Å²) in [5.41, 5.74) is 2.35. The molecule has 1 aromatic carbocycles. The zero-order valence-electron chi connectivity index (χ0n) is 14.1. The van der Waals surface area contributed by atoms with Crippen molar-refractivity contribution in [2.75, 3.05) is 20.2 Å². The molecular formula is C18H23N3O3. The first-order valence-corrected chi connectivity index (χ1v) is 8.15. The lowest BCUT2D eigenvalue weighted by Gasteiger charge is -2.35. The van der Waals surface area contributed by atoms with Crippen LogP contribution in [0, 0.1) is 0 Å². The second-order valence-corrected chi connectivity index (χ2v) is 6.18. The van der Waals surface area contributed by atoms with Gasteiger partial charge in [0.1, 0.15) is 0 Å². The first-order valence-electron chi connectivity index (χ1n) is 8.15. The maximum absolute atomic E-state index is 11.7. The second-order valence-electron chi connectivity index (χ2n) is 6.18. The number of methoxy groups -OCH3 is 1. The number of esters is 1. The Morgan fingerprint density at radius 3 is 2.79 bits per heavy atom. The summed E-state index contributed by atoms with van der Waals surface area (Å²) in [7, 11) is 1.39. The minimum absolute atomic E-state index is 0.00205. The molecular weight excluding hydrogens is 306 g/mol. The lowest BCUT2D eigenvalue weighted by Crippen LogP contribution is -2.49. The van der Waals surface area contributed by atoms with Crippen molar-refractivity contribution in [2.45, 2.75) is 32.2 Å². The molecule has 24 heavy (non-hydrogen) atoms. The van der Waals surface area contributed by atoms with Crippen LogP contribution >= 0.6 is 0 Å². The summed E-state index contributed by atoms with van der Waals surface area (Å²) in [6.07, 6.45) is 3.43. The van der Waals surface area contributed by atoms with Gasteiger partial charge in [0.05, 0.1) is 26.0 Å². The van der Waals surface area contributed by atoms with E-state index in [2.05, 4.69) is 28.3 Å². The van der Waals surface area contributed by atoms with Gasteiger partial charge in [0.25, 0.3) is 0 Å². The zero-order valence-corrected chi connectivity index (χ0v) is 14.1. The van der Waals surface area contributed by atoms with Crippen molar-refractivity contribution < 1.29 is 14.3 Å². The Morgan fingerprint density at radius 2 is 2.04 bits per heavy atom. The highest BCUT2D eigenvalue weighted by Gasteiger charge is 2.31. The highest BCUT2D eigenvalue weighted by atomic mass is 16.6. The van der Waals surface area contributed by atoms with E-state index in [-0.39, 0.29) is 12.1 Å². The summed E-state index contributed by atoms with van der Waals surface area (Å²) in [6.45, 7) is 4.81. The van der Waals surface area contributed by atoms with E-state index >= 15 is 0 Å². The molecule has 0 unspecified atom stereocenters. The lowest BCUT2D eigenvalue weighted by molar-refractivity contribution is -0.166. The normalized spacial score (nSPS) is 21.6. The SMILES string of the molecule is COC(=O)[C@H]1CN(Cc2cnn(Cc3ccccc3)c2)C[C@@H](C)O1. The average molecular weight is 329 g/mol. The Kier molecular flexibility index (Phi) is 5.27. The van der Waals surface area contributed by atoms with Gasteiger partial charge in [-0.1, -0.05) is 30.3 Å². The van der Waals surface area contributed by atoms with Crippen molar-refractivity contribution in [3.05, 3.63) is 53.9 Å².